The number of rotatable bonds is 4. The van der Waals surface area contributed by atoms with Crippen molar-refractivity contribution in [1.29, 1.82) is 0 Å². The standard InChI is InChI=1S/C64H36S2Se/c1-5-21-45-41(17-1)59(37-31-33-56-52(35-37)39-15-9-11-28-54(39)65-56)42-18-2-6-22-46(42)61(45)49-25-14-30-58-63(49)51-27-13-26-50(64(51)67-58)62-47-23-7-3-19-43(47)60(44-20-4-8-24-48(44)62)38-32-34-57-53(36-38)40-16-10-12-29-55(40)66-57/h1-36H. The van der Waals surface area contributed by atoms with Crippen LogP contribution in [0.2, 0.25) is 0 Å². The molecule has 15 aromatic rings. The molecule has 0 fully saturated rings. The molecule has 0 aliphatic carbocycles. The van der Waals surface area contributed by atoms with Gasteiger partial charge in [-0.1, -0.05) is 18.2 Å². The van der Waals surface area contributed by atoms with Crippen molar-refractivity contribution in [3.8, 4) is 44.5 Å². The summed E-state index contributed by atoms with van der Waals surface area (Å²) >= 11 is 3.85. The Balaban J connectivity index is 0.977. The molecule has 310 valence electrons. The molecule has 0 amide bonds. The molecular formula is C64H36S2Se. The zero-order valence-corrected chi connectivity index (χ0v) is 39.4. The molecule has 3 aromatic heterocycles. The summed E-state index contributed by atoms with van der Waals surface area (Å²) in [5.74, 6) is 0. The second-order valence-electron chi connectivity index (χ2n) is 17.8. The Kier molecular flexibility index (Phi) is 8.22. The van der Waals surface area contributed by atoms with Gasteiger partial charge in [0.25, 0.3) is 0 Å². The van der Waals surface area contributed by atoms with Gasteiger partial charge >= 0.3 is 379 Å². The van der Waals surface area contributed by atoms with Crippen molar-refractivity contribution < 1.29 is 0 Å². The third-order valence-corrected chi connectivity index (χ3v) is 19.1. The summed E-state index contributed by atoms with van der Waals surface area (Å²) in [6, 6.07) is 82.6. The quantitative estimate of drug-likeness (QED) is 0.122. The van der Waals surface area contributed by atoms with E-state index in [1.807, 2.05) is 22.7 Å². The fourth-order valence-electron chi connectivity index (χ4n) is 11.5. The second-order valence-corrected chi connectivity index (χ2v) is 22.1. The minimum atomic E-state index is 0.0907. The summed E-state index contributed by atoms with van der Waals surface area (Å²) in [4.78, 5) is 0. The molecular weight excluding hydrogens is 912 g/mol. The first-order valence-electron chi connectivity index (χ1n) is 22.9. The predicted molar refractivity (Wildman–Crippen MR) is 296 cm³/mol. The Bertz CT molecular complexity index is 4470. The van der Waals surface area contributed by atoms with Gasteiger partial charge in [0.1, 0.15) is 0 Å². The Hall–Kier alpha value is -7.36. The van der Waals surface area contributed by atoms with Crippen LogP contribution in [0.25, 0.3) is 147 Å². The van der Waals surface area contributed by atoms with Gasteiger partial charge in [-0.15, -0.1) is 0 Å². The third-order valence-electron chi connectivity index (χ3n) is 14.3. The number of hydrogen-bond acceptors (Lipinski definition) is 2. The van der Waals surface area contributed by atoms with E-state index in [1.54, 1.807) is 0 Å². The molecule has 0 saturated heterocycles. The van der Waals surface area contributed by atoms with Gasteiger partial charge < -0.3 is 0 Å². The van der Waals surface area contributed by atoms with Crippen LogP contribution in [-0.2, 0) is 0 Å². The van der Waals surface area contributed by atoms with Gasteiger partial charge in [-0.2, -0.15) is 0 Å². The fourth-order valence-corrected chi connectivity index (χ4v) is 16.3. The number of fused-ring (bicyclic) bond motifs is 13. The van der Waals surface area contributed by atoms with Crippen LogP contribution in [0.15, 0.2) is 218 Å². The van der Waals surface area contributed by atoms with Crippen LogP contribution in [0.3, 0.4) is 0 Å². The molecule has 0 bridgehead atoms. The topological polar surface area (TPSA) is 0 Å². The van der Waals surface area contributed by atoms with Crippen molar-refractivity contribution in [2.24, 2.45) is 0 Å². The first-order valence-corrected chi connectivity index (χ1v) is 26.2. The van der Waals surface area contributed by atoms with Crippen molar-refractivity contribution in [2.45, 2.75) is 0 Å². The van der Waals surface area contributed by atoms with E-state index in [-0.39, 0.29) is 14.5 Å². The summed E-state index contributed by atoms with van der Waals surface area (Å²) in [6.45, 7) is 0. The SMILES string of the molecule is c1ccc2c(c1)sc1ccc(-c3c4ccccc4c(-c4cccc5c4[se]c4cccc(-c6c7ccccc7c(-c7ccc8sc9ccccc9c8c7)c7ccccc67)c45)c4ccccc34)cc12. The van der Waals surface area contributed by atoms with Crippen LogP contribution in [0.1, 0.15) is 0 Å². The molecule has 0 unspecified atom stereocenters. The van der Waals surface area contributed by atoms with E-state index < -0.39 is 0 Å². The van der Waals surface area contributed by atoms with Crippen LogP contribution >= 0.6 is 22.7 Å². The normalized spacial score (nSPS) is 12.2. The average Bonchev–Trinajstić information content (AvgIpc) is 4.08. The summed E-state index contributed by atoms with van der Waals surface area (Å²) < 4.78 is 8.24. The van der Waals surface area contributed by atoms with Gasteiger partial charge in [-0.25, -0.2) is 0 Å². The van der Waals surface area contributed by atoms with Crippen LogP contribution in [0, 0.1) is 0 Å². The third kappa shape index (κ3) is 5.52. The first kappa shape index (κ1) is 37.8. The first-order chi connectivity index (χ1) is 33.2. The molecule has 0 radical (unpaired) electrons. The maximum atomic E-state index is 2.44. The van der Waals surface area contributed by atoms with E-state index in [4.69, 9.17) is 0 Å². The van der Waals surface area contributed by atoms with Gasteiger partial charge in [0, 0.05) is 0 Å². The van der Waals surface area contributed by atoms with Crippen molar-refractivity contribution in [1.82, 2.24) is 0 Å². The van der Waals surface area contributed by atoms with Crippen molar-refractivity contribution >= 4 is 140 Å². The number of hydrogen-bond donors (Lipinski definition) is 0. The number of benzene rings is 12. The van der Waals surface area contributed by atoms with E-state index >= 15 is 0 Å². The molecule has 12 aromatic carbocycles. The van der Waals surface area contributed by atoms with E-state index in [9.17, 15) is 0 Å². The molecule has 0 aliphatic rings. The van der Waals surface area contributed by atoms with E-state index in [1.165, 1.54) is 147 Å². The Morgan fingerprint density at radius 3 is 1.09 bits per heavy atom. The molecule has 15 rings (SSSR count). The zero-order chi connectivity index (χ0) is 43.7. The molecule has 0 N–H and O–H groups in total. The summed E-state index contributed by atoms with van der Waals surface area (Å²) in [5.41, 5.74) is 10.4. The number of thiophene rings is 2. The molecule has 3 heteroatoms. The van der Waals surface area contributed by atoms with Gasteiger partial charge in [-0.3, -0.25) is 0 Å². The molecule has 0 atom stereocenters. The molecule has 0 nitrogen and oxygen atoms in total. The van der Waals surface area contributed by atoms with Crippen LogP contribution < -0.4 is 0 Å². The van der Waals surface area contributed by atoms with E-state index in [0.29, 0.717) is 0 Å². The molecule has 67 heavy (non-hydrogen) atoms. The molecule has 0 saturated carbocycles. The minimum absolute atomic E-state index is 0.0907. The summed E-state index contributed by atoms with van der Waals surface area (Å²) in [6.07, 6.45) is 0. The average molecular weight is 948 g/mol. The van der Waals surface area contributed by atoms with Crippen LogP contribution in [-0.4, -0.2) is 14.5 Å². The van der Waals surface area contributed by atoms with Crippen molar-refractivity contribution in [3.05, 3.63) is 218 Å². The van der Waals surface area contributed by atoms with Gasteiger partial charge in [-0.05, 0) is 6.07 Å². The van der Waals surface area contributed by atoms with Gasteiger partial charge in [0.05, 0.1) is 0 Å². The van der Waals surface area contributed by atoms with Crippen LogP contribution in [0.4, 0.5) is 0 Å². The molecule has 0 spiro atoms. The second kappa shape index (κ2) is 14.6. The van der Waals surface area contributed by atoms with Crippen LogP contribution in [0.5, 0.6) is 0 Å². The van der Waals surface area contributed by atoms with Gasteiger partial charge in [0.2, 0.25) is 0 Å². The van der Waals surface area contributed by atoms with Crippen molar-refractivity contribution in [3.63, 3.8) is 0 Å². The maximum absolute atomic E-state index is 2.44. The molecule has 3 heterocycles. The Morgan fingerprint density at radius 2 is 0.612 bits per heavy atom. The van der Waals surface area contributed by atoms with E-state index in [2.05, 4.69) is 218 Å². The van der Waals surface area contributed by atoms with Gasteiger partial charge in [0.15, 0.2) is 0 Å². The van der Waals surface area contributed by atoms with E-state index in [0.717, 1.165) is 0 Å². The molecule has 0 aliphatic heterocycles. The predicted octanol–water partition coefficient (Wildman–Crippen LogP) is 19.1. The zero-order valence-electron chi connectivity index (χ0n) is 36.0. The summed E-state index contributed by atoms with van der Waals surface area (Å²) in [5, 5.41) is 18.4. The summed E-state index contributed by atoms with van der Waals surface area (Å²) in [7, 11) is 0. The Morgan fingerprint density at radius 1 is 0.254 bits per heavy atom. The monoisotopic (exact) mass is 948 g/mol. The van der Waals surface area contributed by atoms with Crippen molar-refractivity contribution in [2.75, 3.05) is 0 Å². The fraction of sp³-hybridized carbons (Fsp3) is 0. The Labute approximate surface area is 400 Å².